The second-order valence-electron chi connectivity index (χ2n) is 7.78. The minimum absolute atomic E-state index is 0.0259. The highest BCUT2D eigenvalue weighted by atomic mass is 35.5. The van der Waals surface area contributed by atoms with Crippen molar-refractivity contribution in [2.24, 2.45) is 0 Å². The quantitative estimate of drug-likeness (QED) is 0.433. The van der Waals surface area contributed by atoms with Gasteiger partial charge in [0, 0.05) is 49.7 Å². The summed E-state index contributed by atoms with van der Waals surface area (Å²) in [5.74, 6) is -0.425. The molecule has 3 rings (SSSR count). The van der Waals surface area contributed by atoms with Crippen LogP contribution in [-0.2, 0) is 14.8 Å². The van der Waals surface area contributed by atoms with Gasteiger partial charge in [-0.25, -0.2) is 27.7 Å². The molecule has 190 valence electrons. The van der Waals surface area contributed by atoms with Crippen molar-refractivity contribution in [2.75, 3.05) is 37.8 Å². The summed E-state index contributed by atoms with van der Waals surface area (Å²) in [6.07, 6.45) is 0.985. The molecule has 0 saturated heterocycles. The molecule has 0 fully saturated rings. The number of nitrogens with zero attached hydrogens (tertiary/aromatic N) is 5. The number of sulfonamides is 1. The van der Waals surface area contributed by atoms with Gasteiger partial charge in [-0.15, -0.1) is 0 Å². The fourth-order valence-electron chi connectivity index (χ4n) is 3.20. The van der Waals surface area contributed by atoms with E-state index < -0.39 is 34.7 Å². The van der Waals surface area contributed by atoms with Crippen LogP contribution < -0.4 is 10.2 Å². The third-order valence-electron chi connectivity index (χ3n) is 5.21. The Kier molecular flexibility index (Phi) is 7.87. The Morgan fingerprint density at radius 1 is 1.29 bits per heavy atom. The van der Waals surface area contributed by atoms with Crippen LogP contribution >= 0.6 is 11.6 Å². The minimum Gasteiger partial charge on any atom is -0.345 e. The number of carbonyl (C=O) groups is 1. The maximum Gasteiger partial charge on any atom is 0.405 e. The Labute approximate surface area is 204 Å². The zero-order valence-electron chi connectivity index (χ0n) is 19.0. The lowest BCUT2D eigenvalue weighted by molar-refractivity contribution is -0.139. The molecule has 0 spiro atoms. The van der Waals surface area contributed by atoms with E-state index in [0.717, 1.165) is 10.6 Å². The Hall–Kier alpha value is -2.97. The Morgan fingerprint density at radius 2 is 2.00 bits per heavy atom. The number of pyridine rings is 1. The fraction of sp³-hybridized carbons (Fsp3) is 0.400. The van der Waals surface area contributed by atoms with Gasteiger partial charge in [0.15, 0.2) is 5.82 Å². The second kappa shape index (κ2) is 10.3. The molecule has 0 saturated carbocycles. The SMILES string of the molecule is C[C@@H](C(=O)NCC(F)(F)F)N(CCN(C)S(C)(=O)=O)c1ccnc(-c2c[nH]c3ncc(Cl)cc23)n1. The van der Waals surface area contributed by atoms with Crippen LogP contribution in [-0.4, -0.2) is 83.7 Å². The first-order chi connectivity index (χ1) is 16.3. The number of halogens is 4. The van der Waals surface area contributed by atoms with Crippen LogP contribution in [0, 0.1) is 0 Å². The molecule has 3 aromatic heterocycles. The van der Waals surface area contributed by atoms with Gasteiger partial charge >= 0.3 is 6.18 Å². The van der Waals surface area contributed by atoms with E-state index >= 15 is 0 Å². The molecular formula is C20H23ClF3N7O3S. The number of nitrogens with one attached hydrogen (secondary N) is 2. The van der Waals surface area contributed by atoms with Crippen molar-refractivity contribution in [1.82, 2.24) is 29.6 Å². The summed E-state index contributed by atoms with van der Waals surface area (Å²) < 4.78 is 62.5. The van der Waals surface area contributed by atoms with Crippen molar-refractivity contribution in [3.63, 3.8) is 0 Å². The summed E-state index contributed by atoms with van der Waals surface area (Å²) in [4.78, 5) is 29.9. The highest BCUT2D eigenvalue weighted by Gasteiger charge is 2.31. The maximum atomic E-state index is 12.6. The lowest BCUT2D eigenvalue weighted by Crippen LogP contribution is -2.50. The Balaban J connectivity index is 1.95. The van der Waals surface area contributed by atoms with E-state index in [1.165, 1.54) is 37.3 Å². The number of anilines is 1. The third-order valence-corrected chi connectivity index (χ3v) is 6.73. The van der Waals surface area contributed by atoms with Crippen molar-refractivity contribution in [3.8, 4) is 11.4 Å². The summed E-state index contributed by atoms with van der Waals surface area (Å²) in [5.41, 5.74) is 1.11. The lowest BCUT2D eigenvalue weighted by Gasteiger charge is -2.31. The van der Waals surface area contributed by atoms with Gasteiger partial charge < -0.3 is 15.2 Å². The molecule has 0 unspecified atom stereocenters. The molecule has 0 aliphatic rings. The van der Waals surface area contributed by atoms with E-state index in [2.05, 4.69) is 19.9 Å². The largest absolute Gasteiger partial charge is 0.405 e. The standard InChI is InChI=1S/C20H23ClF3N7O3S/c1-12(19(32)28-11-20(22,23)24)31(7-6-30(2)35(3,33)34)16-4-5-25-18(29-16)15-10-27-17-14(15)8-13(21)9-26-17/h4-5,8-10,12H,6-7,11H2,1-3H3,(H,26,27)(H,28,32)/t12-/m0/s1. The van der Waals surface area contributed by atoms with Crippen LogP contribution in [0.25, 0.3) is 22.4 Å². The first kappa shape index (κ1) is 26.6. The highest BCUT2D eigenvalue weighted by molar-refractivity contribution is 7.88. The molecule has 1 amide bonds. The van der Waals surface area contributed by atoms with Gasteiger partial charge in [-0.05, 0) is 19.1 Å². The number of likely N-dealkylation sites (N-methyl/N-ethyl adjacent to an activating group) is 1. The number of aromatic nitrogens is 4. The Bertz CT molecular complexity index is 1320. The monoisotopic (exact) mass is 533 g/mol. The first-order valence-electron chi connectivity index (χ1n) is 10.2. The number of aromatic amines is 1. The van der Waals surface area contributed by atoms with E-state index in [9.17, 15) is 26.4 Å². The number of hydrogen-bond donors (Lipinski definition) is 2. The van der Waals surface area contributed by atoms with Crippen molar-refractivity contribution in [3.05, 3.63) is 35.7 Å². The predicted octanol–water partition coefficient (Wildman–Crippen LogP) is 2.44. The summed E-state index contributed by atoms with van der Waals surface area (Å²) in [6, 6.07) is 2.06. The minimum atomic E-state index is -4.58. The van der Waals surface area contributed by atoms with Crippen molar-refractivity contribution in [2.45, 2.75) is 19.1 Å². The zero-order chi connectivity index (χ0) is 26.0. The average Bonchev–Trinajstić information content (AvgIpc) is 3.19. The number of alkyl halides is 3. The zero-order valence-corrected chi connectivity index (χ0v) is 20.5. The summed E-state index contributed by atoms with van der Waals surface area (Å²) in [6.45, 7) is -0.154. The molecule has 1 atom stereocenters. The molecule has 3 heterocycles. The molecule has 35 heavy (non-hydrogen) atoms. The molecule has 3 aromatic rings. The molecule has 0 aliphatic carbocycles. The second-order valence-corrected chi connectivity index (χ2v) is 10.3. The van der Waals surface area contributed by atoms with Gasteiger partial charge in [0.25, 0.3) is 0 Å². The number of hydrogen-bond acceptors (Lipinski definition) is 7. The van der Waals surface area contributed by atoms with Gasteiger partial charge in [-0.2, -0.15) is 13.2 Å². The number of fused-ring (bicyclic) bond motifs is 1. The molecule has 10 nitrogen and oxygen atoms in total. The Morgan fingerprint density at radius 3 is 2.66 bits per heavy atom. The molecule has 0 aromatic carbocycles. The van der Waals surface area contributed by atoms with Gasteiger partial charge in [0.2, 0.25) is 15.9 Å². The number of rotatable bonds is 9. The van der Waals surface area contributed by atoms with Crippen LogP contribution in [0.15, 0.2) is 30.7 Å². The van der Waals surface area contributed by atoms with Crippen LogP contribution in [0.1, 0.15) is 6.92 Å². The predicted molar refractivity (Wildman–Crippen MR) is 125 cm³/mol. The molecule has 0 aliphatic heterocycles. The van der Waals surface area contributed by atoms with Crippen LogP contribution in [0.2, 0.25) is 5.02 Å². The number of amides is 1. The van der Waals surface area contributed by atoms with Crippen LogP contribution in [0.4, 0.5) is 19.0 Å². The third kappa shape index (κ3) is 6.80. The normalized spacial score (nSPS) is 13.3. The first-order valence-corrected chi connectivity index (χ1v) is 12.5. The van der Waals surface area contributed by atoms with Crippen LogP contribution in [0.5, 0.6) is 0 Å². The summed E-state index contributed by atoms with van der Waals surface area (Å²) >= 11 is 6.06. The van der Waals surface area contributed by atoms with E-state index in [0.29, 0.717) is 21.6 Å². The van der Waals surface area contributed by atoms with E-state index in [1.54, 1.807) is 12.3 Å². The summed E-state index contributed by atoms with van der Waals surface area (Å²) in [7, 11) is -2.17. The van der Waals surface area contributed by atoms with Gasteiger partial charge in [0.1, 0.15) is 24.1 Å². The average molecular weight is 534 g/mol. The van der Waals surface area contributed by atoms with E-state index in [4.69, 9.17) is 11.6 Å². The van der Waals surface area contributed by atoms with Gasteiger partial charge in [-0.3, -0.25) is 4.79 Å². The molecular weight excluding hydrogens is 511 g/mol. The summed E-state index contributed by atoms with van der Waals surface area (Å²) in [5, 5.41) is 2.90. The molecule has 2 N–H and O–H groups in total. The van der Waals surface area contributed by atoms with Crippen molar-refractivity contribution >= 4 is 44.4 Å². The molecule has 15 heteroatoms. The fourth-order valence-corrected chi connectivity index (χ4v) is 3.77. The number of H-pyrrole nitrogens is 1. The molecule has 0 bridgehead atoms. The van der Waals surface area contributed by atoms with Crippen molar-refractivity contribution in [1.29, 1.82) is 0 Å². The number of carbonyl (C=O) groups excluding carboxylic acids is 1. The van der Waals surface area contributed by atoms with Crippen LogP contribution in [0.3, 0.4) is 0 Å². The lowest BCUT2D eigenvalue weighted by atomic mass is 10.2. The maximum absolute atomic E-state index is 12.6. The van der Waals surface area contributed by atoms with Gasteiger partial charge in [-0.1, -0.05) is 11.6 Å². The topological polar surface area (TPSA) is 124 Å². The van der Waals surface area contributed by atoms with Crippen molar-refractivity contribution < 1.29 is 26.4 Å². The smallest absolute Gasteiger partial charge is 0.345 e. The highest BCUT2D eigenvalue weighted by Crippen LogP contribution is 2.28. The molecule has 0 radical (unpaired) electrons. The van der Waals surface area contributed by atoms with E-state index in [1.807, 2.05) is 5.32 Å². The van der Waals surface area contributed by atoms with E-state index in [-0.39, 0.29) is 24.7 Å². The van der Waals surface area contributed by atoms with Gasteiger partial charge in [0.05, 0.1) is 11.3 Å².